The zero-order chi connectivity index (χ0) is 17.5. The molecule has 1 N–H and O–H groups in total. The van der Waals surface area contributed by atoms with E-state index in [2.05, 4.69) is 5.32 Å². The second kappa shape index (κ2) is 6.29. The number of sulfonamides is 1. The Morgan fingerprint density at radius 2 is 1.88 bits per heavy atom. The molecule has 1 aliphatic heterocycles. The van der Waals surface area contributed by atoms with Crippen LogP contribution in [0.2, 0.25) is 0 Å². The van der Waals surface area contributed by atoms with E-state index < -0.39 is 27.7 Å². The van der Waals surface area contributed by atoms with E-state index >= 15 is 0 Å². The number of rotatable bonds is 2. The first-order valence-electron chi connectivity index (χ1n) is 7.74. The fourth-order valence-electron chi connectivity index (χ4n) is 3.26. The number of hydrogen-bond donors (Lipinski definition) is 1. The predicted octanol–water partition coefficient (Wildman–Crippen LogP) is 1.24. The van der Waals surface area contributed by atoms with Crippen LogP contribution in [0.3, 0.4) is 0 Å². The zero-order valence-electron chi connectivity index (χ0n) is 13.3. The lowest BCUT2D eigenvalue weighted by molar-refractivity contribution is 0.169. The molecule has 2 amide bonds. The van der Waals surface area contributed by atoms with Crippen molar-refractivity contribution in [3.63, 3.8) is 0 Å². The van der Waals surface area contributed by atoms with Crippen LogP contribution in [0, 0.1) is 11.6 Å². The van der Waals surface area contributed by atoms with E-state index in [0.717, 1.165) is 12.3 Å². The minimum absolute atomic E-state index is 0.247. The summed E-state index contributed by atoms with van der Waals surface area (Å²) in [5, 5.41) is 2.80. The number of benzene rings is 1. The molecule has 3 rings (SSSR count). The standard InChI is InChI=1S/C15H19F2N3O3S/c1-24(22,23)20-6-4-19(5-7-20)15(21)18-14-3-2-11-12(14)8-10(16)9-13(11)17/h8-9,14H,2-7H2,1H3,(H,18,21). The summed E-state index contributed by atoms with van der Waals surface area (Å²) in [6, 6.07) is 1.35. The molecule has 1 aliphatic carbocycles. The minimum Gasteiger partial charge on any atom is -0.331 e. The van der Waals surface area contributed by atoms with Gasteiger partial charge in [-0.05, 0) is 30.0 Å². The van der Waals surface area contributed by atoms with E-state index in [1.807, 2.05) is 0 Å². The highest BCUT2D eigenvalue weighted by molar-refractivity contribution is 7.88. The Bertz CT molecular complexity index is 761. The molecule has 1 fully saturated rings. The summed E-state index contributed by atoms with van der Waals surface area (Å²) in [6.07, 6.45) is 2.11. The van der Waals surface area contributed by atoms with Gasteiger partial charge >= 0.3 is 6.03 Å². The summed E-state index contributed by atoms with van der Waals surface area (Å²) in [4.78, 5) is 13.9. The number of carbonyl (C=O) groups excluding carboxylic acids is 1. The summed E-state index contributed by atoms with van der Waals surface area (Å²) in [6.45, 7) is 1.07. The normalized spacial score (nSPS) is 21.6. The zero-order valence-corrected chi connectivity index (χ0v) is 14.1. The summed E-state index contributed by atoms with van der Waals surface area (Å²) in [5.74, 6) is -1.24. The van der Waals surface area contributed by atoms with Crippen molar-refractivity contribution in [1.29, 1.82) is 0 Å². The third-order valence-corrected chi connectivity index (χ3v) is 5.85. The lowest BCUT2D eigenvalue weighted by atomic mass is 10.1. The van der Waals surface area contributed by atoms with Gasteiger partial charge in [-0.2, -0.15) is 4.31 Å². The van der Waals surface area contributed by atoms with Crippen molar-refractivity contribution in [1.82, 2.24) is 14.5 Å². The molecule has 6 nitrogen and oxygen atoms in total. The van der Waals surface area contributed by atoms with Crippen LogP contribution in [-0.4, -0.2) is 56.1 Å². The molecule has 132 valence electrons. The van der Waals surface area contributed by atoms with Crippen LogP contribution < -0.4 is 5.32 Å². The topological polar surface area (TPSA) is 69.7 Å². The van der Waals surface area contributed by atoms with Gasteiger partial charge in [0.25, 0.3) is 0 Å². The van der Waals surface area contributed by atoms with E-state index in [-0.39, 0.29) is 32.2 Å². The minimum atomic E-state index is -3.26. The quantitative estimate of drug-likeness (QED) is 0.864. The van der Waals surface area contributed by atoms with Crippen molar-refractivity contribution >= 4 is 16.1 Å². The van der Waals surface area contributed by atoms with Crippen molar-refractivity contribution < 1.29 is 22.0 Å². The Kier molecular flexibility index (Phi) is 4.48. The number of amides is 2. The predicted molar refractivity (Wildman–Crippen MR) is 83.9 cm³/mol. The maximum atomic E-state index is 13.7. The largest absolute Gasteiger partial charge is 0.331 e. The Balaban J connectivity index is 1.64. The Morgan fingerprint density at radius 3 is 2.50 bits per heavy atom. The molecule has 24 heavy (non-hydrogen) atoms. The molecule has 0 bridgehead atoms. The first kappa shape index (κ1) is 17.1. The second-order valence-electron chi connectivity index (χ2n) is 6.15. The molecule has 9 heteroatoms. The van der Waals surface area contributed by atoms with Crippen molar-refractivity contribution in [3.8, 4) is 0 Å². The van der Waals surface area contributed by atoms with Crippen LogP contribution >= 0.6 is 0 Å². The molecule has 1 heterocycles. The van der Waals surface area contributed by atoms with Crippen LogP contribution in [-0.2, 0) is 16.4 Å². The van der Waals surface area contributed by atoms with Gasteiger partial charge in [0.05, 0.1) is 12.3 Å². The van der Waals surface area contributed by atoms with E-state index in [9.17, 15) is 22.0 Å². The van der Waals surface area contributed by atoms with Gasteiger partial charge in [-0.1, -0.05) is 0 Å². The molecular formula is C15H19F2N3O3S. The van der Waals surface area contributed by atoms with E-state index in [1.54, 1.807) is 0 Å². The summed E-state index contributed by atoms with van der Waals surface area (Å²) < 4.78 is 51.4. The first-order chi connectivity index (χ1) is 11.3. The average Bonchev–Trinajstić information content (AvgIpc) is 2.89. The monoisotopic (exact) mass is 359 g/mol. The van der Waals surface area contributed by atoms with E-state index in [4.69, 9.17) is 0 Å². The lowest BCUT2D eigenvalue weighted by Gasteiger charge is -2.34. The van der Waals surface area contributed by atoms with Gasteiger partial charge in [-0.15, -0.1) is 0 Å². The number of nitrogens with one attached hydrogen (secondary N) is 1. The van der Waals surface area contributed by atoms with Gasteiger partial charge in [0.2, 0.25) is 10.0 Å². The summed E-state index contributed by atoms with van der Waals surface area (Å²) >= 11 is 0. The van der Waals surface area contributed by atoms with E-state index in [0.29, 0.717) is 24.0 Å². The summed E-state index contributed by atoms with van der Waals surface area (Å²) in [7, 11) is -3.26. The Labute approximate surface area is 139 Å². The first-order valence-corrected chi connectivity index (χ1v) is 9.59. The maximum Gasteiger partial charge on any atom is 0.317 e. The molecule has 1 aromatic carbocycles. The third kappa shape index (κ3) is 3.36. The van der Waals surface area contributed by atoms with Crippen molar-refractivity contribution in [2.24, 2.45) is 0 Å². The van der Waals surface area contributed by atoms with Gasteiger partial charge in [0, 0.05) is 32.2 Å². The third-order valence-electron chi connectivity index (χ3n) is 4.55. The van der Waals surface area contributed by atoms with E-state index in [1.165, 1.54) is 15.3 Å². The number of carbonyl (C=O) groups is 1. The van der Waals surface area contributed by atoms with Crippen molar-refractivity contribution in [2.75, 3.05) is 32.4 Å². The Hall–Kier alpha value is -1.74. The number of urea groups is 1. The number of hydrogen-bond acceptors (Lipinski definition) is 3. The number of piperazine rings is 1. The van der Waals surface area contributed by atoms with Gasteiger partial charge in [-0.25, -0.2) is 22.0 Å². The molecule has 2 aliphatic rings. The van der Waals surface area contributed by atoms with Crippen LogP contribution in [0.15, 0.2) is 12.1 Å². The fraction of sp³-hybridized carbons (Fsp3) is 0.533. The van der Waals surface area contributed by atoms with Crippen molar-refractivity contribution in [2.45, 2.75) is 18.9 Å². The molecule has 0 spiro atoms. The highest BCUT2D eigenvalue weighted by Gasteiger charge is 2.31. The van der Waals surface area contributed by atoms with Gasteiger partial charge in [0.1, 0.15) is 11.6 Å². The molecule has 1 saturated heterocycles. The number of nitrogens with zero attached hydrogens (tertiary/aromatic N) is 2. The lowest BCUT2D eigenvalue weighted by Crippen LogP contribution is -2.53. The molecule has 0 saturated carbocycles. The summed E-state index contributed by atoms with van der Waals surface area (Å²) in [5.41, 5.74) is 0.930. The van der Waals surface area contributed by atoms with Crippen LogP contribution in [0.25, 0.3) is 0 Å². The van der Waals surface area contributed by atoms with Crippen LogP contribution in [0.4, 0.5) is 13.6 Å². The number of halogens is 2. The molecular weight excluding hydrogens is 340 g/mol. The molecule has 0 radical (unpaired) electrons. The molecule has 1 atom stereocenters. The SMILES string of the molecule is CS(=O)(=O)N1CCN(C(=O)NC2CCc3c(F)cc(F)cc32)CC1. The average molecular weight is 359 g/mol. The highest BCUT2D eigenvalue weighted by Crippen LogP contribution is 2.33. The smallest absolute Gasteiger partial charge is 0.317 e. The second-order valence-corrected chi connectivity index (χ2v) is 8.13. The van der Waals surface area contributed by atoms with Gasteiger partial charge < -0.3 is 10.2 Å². The molecule has 1 aromatic rings. The molecule has 0 aromatic heterocycles. The molecule has 1 unspecified atom stereocenters. The fourth-order valence-corrected chi connectivity index (χ4v) is 4.08. The maximum absolute atomic E-state index is 13.7. The van der Waals surface area contributed by atoms with Crippen molar-refractivity contribution in [3.05, 3.63) is 34.9 Å². The van der Waals surface area contributed by atoms with Gasteiger partial charge in [-0.3, -0.25) is 0 Å². The van der Waals surface area contributed by atoms with Crippen LogP contribution in [0.1, 0.15) is 23.6 Å². The van der Waals surface area contributed by atoms with Crippen LogP contribution in [0.5, 0.6) is 0 Å². The Morgan fingerprint density at radius 1 is 1.21 bits per heavy atom. The van der Waals surface area contributed by atoms with Gasteiger partial charge in [0.15, 0.2) is 0 Å². The highest BCUT2D eigenvalue weighted by atomic mass is 32.2. The number of fused-ring (bicyclic) bond motifs is 1.